The van der Waals surface area contributed by atoms with Crippen LogP contribution in [-0.4, -0.2) is 45.1 Å². The molecule has 4 atom stereocenters. The monoisotopic (exact) mass is 394 g/mol. The van der Waals surface area contributed by atoms with E-state index in [9.17, 15) is 9.59 Å². The predicted molar refractivity (Wildman–Crippen MR) is 101 cm³/mol. The first-order chi connectivity index (χ1) is 14.1. The summed E-state index contributed by atoms with van der Waals surface area (Å²) >= 11 is 0. The highest BCUT2D eigenvalue weighted by atomic mass is 16.5. The maximum absolute atomic E-state index is 13.2. The lowest BCUT2D eigenvalue weighted by Crippen LogP contribution is -2.43. The fraction of sp³-hybridized carbons (Fsp3) is 0.429. The van der Waals surface area contributed by atoms with Crippen LogP contribution in [0.25, 0.3) is 0 Å². The molecule has 3 aliphatic heterocycles. The van der Waals surface area contributed by atoms with Crippen LogP contribution in [0.2, 0.25) is 0 Å². The molecule has 2 saturated heterocycles. The van der Waals surface area contributed by atoms with Crippen LogP contribution in [0.4, 0.5) is 0 Å². The lowest BCUT2D eigenvalue weighted by Gasteiger charge is -2.23. The number of carbonyl (C=O) groups is 2. The van der Waals surface area contributed by atoms with Crippen molar-refractivity contribution < 1.29 is 18.8 Å². The van der Waals surface area contributed by atoms with Crippen molar-refractivity contribution in [2.75, 3.05) is 6.54 Å². The maximum atomic E-state index is 13.2. The van der Waals surface area contributed by atoms with Gasteiger partial charge in [-0.15, -0.1) is 0 Å². The first-order valence-corrected chi connectivity index (χ1v) is 9.87. The van der Waals surface area contributed by atoms with Crippen molar-refractivity contribution in [3.05, 3.63) is 59.8 Å². The zero-order valence-corrected chi connectivity index (χ0v) is 16.1. The van der Waals surface area contributed by atoms with Crippen LogP contribution in [0.1, 0.15) is 23.9 Å². The van der Waals surface area contributed by atoms with Crippen LogP contribution < -0.4 is 5.32 Å². The number of likely N-dealkylation sites (tertiary alicyclic amines) is 1. The van der Waals surface area contributed by atoms with E-state index in [1.807, 2.05) is 37.3 Å². The molecular formula is C21H22N4O4. The SMILES string of the molecule is CCc1cc(CNC(=O)[C@H]2[C@H]3C=C[C@@]4(CN(Cc5ccncc5)C(=O)[C@@H]24)O3)on1. The van der Waals surface area contributed by atoms with Crippen molar-refractivity contribution in [1.29, 1.82) is 0 Å². The van der Waals surface area contributed by atoms with Gasteiger partial charge in [0.15, 0.2) is 5.76 Å². The molecule has 2 amide bonds. The number of hydrogen-bond donors (Lipinski definition) is 1. The number of amides is 2. The summed E-state index contributed by atoms with van der Waals surface area (Å²) in [6, 6.07) is 5.61. The molecule has 5 rings (SSSR count). The number of fused-ring (bicyclic) bond motifs is 1. The second-order valence-corrected chi connectivity index (χ2v) is 7.81. The van der Waals surface area contributed by atoms with Crippen molar-refractivity contribution >= 4 is 11.8 Å². The molecule has 0 aromatic carbocycles. The molecule has 0 unspecified atom stereocenters. The molecule has 0 saturated carbocycles. The van der Waals surface area contributed by atoms with Crippen molar-refractivity contribution in [2.45, 2.75) is 38.1 Å². The van der Waals surface area contributed by atoms with Gasteiger partial charge in [0.1, 0.15) is 5.60 Å². The second-order valence-electron chi connectivity index (χ2n) is 7.81. The van der Waals surface area contributed by atoms with Crippen LogP contribution >= 0.6 is 0 Å². The summed E-state index contributed by atoms with van der Waals surface area (Å²) < 4.78 is 11.4. The average Bonchev–Trinajstić information content (AvgIpc) is 3.48. The molecular weight excluding hydrogens is 372 g/mol. The second kappa shape index (κ2) is 6.81. The molecule has 2 aromatic heterocycles. The number of aromatic nitrogens is 2. The van der Waals surface area contributed by atoms with Crippen LogP contribution in [0, 0.1) is 11.8 Å². The minimum absolute atomic E-state index is 0.0400. The summed E-state index contributed by atoms with van der Waals surface area (Å²) in [4.78, 5) is 32.0. The lowest BCUT2D eigenvalue weighted by molar-refractivity contribution is -0.138. The Hall–Kier alpha value is -3.00. The molecule has 8 heteroatoms. The zero-order chi connectivity index (χ0) is 20.0. The van der Waals surface area contributed by atoms with E-state index in [1.54, 1.807) is 17.3 Å². The van der Waals surface area contributed by atoms with Crippen molar-refractivity contribution in [1.82, 2.24) is 20.4 Å². The number of hydrogen-bond acceptors (Lipinski definition) is 6. The van der Waals surface area contributed by atoms with Crippen LogP contribution in [0.15, 0.2) is 47.3 Å². The first-order valence-electron chi connectivity index (χ1n) is 9.87. The van der Waals surface area contributed by atoms with Crippen molar-refractivity contribution in [3.8, 4) is 0 Å². The fourth-order valence-corrected chi connectivity index (χ4v) is 4.62. The molecule has 150 valence electrons. The molecule has 3 aliphatic rings. The summed E-state index contributed by atoms with van der Waals surface area (Å²) in [5.41, 5.74) is 1.14. The highest BCUT2D eigenvalue weighted by Gasteiger charge is 2.66. The Labute approximate surface area is 167 Å². The lowest BCUT2D eigenvalue weighted by atomic mass is 9.77. The highest BCUT2D eigenvalue weighted by molar-refractivity contribution is 5.93. The third-order valence-corrected chi connectivity index (χ3v) is 6.01. The van der Waals surface area contributed by atoms with Gasteiger partial charge in [-0.05, 0) is 24.1 Å². The molecule has 0 radical (unpaired) electrons. The topological polar surface area (TPSA) is 97.6 Å². The first kappa shape index (κ1) is 18.1. The van der Waals surface area contributed by atoms with Gasteiger partial charge in [-0.2, -0.15) is 0 Å². The number of pyridine rings is 1. The molecule has 2 aromatic rings. The molecule has 1 N–H and O–H groups in total. The summed E-state index contributed by atoms with van der Waals surface area (Å²) in [6.45, 7) is 3.17. The van der Waals surface area contributed by atoms with Gasteiger partial charge in [-0.3, -0.25) is 14.6 Å². The van der Waals surface area contributed by atoms with Gasteiger partial charge in [0.25, 0.3) is 0 Å². The van der Waals surface area contributed by atoms with Gasteiger partial charge in [-0.25, -0.2) is 0 Å². The molecule has 0 aliphatic carbocycles. The number of rotatable bonds is 6. The number of ether oxygens (including phenoxy) is 1. The van der Waals surface area contributed by atoms with E-state index >= 15 is 0 Å². The summed E-state index contributed by atoms with van der Waals surface area (Å²) in [5, 5.41) is 6.83. The predicted octanol–water partition coefficient (Wildman–Crippen LogP) is 1.23. The van der Waals surface area contributed by atoms with E-state index < -0.39 is 17.4 Å². The minimum Gasteiger partial charge on any atom is -0.360 e. The Morgan fingerprint density at radius 1 is 1.38 bits per heavy atom. The van der Waals surface area contributed by atoms with Gasteiger partial charge in [-0.1, -0.05) is 24.2 Å². The van der Waals surface area contributed by atoms with Gasteiger partial charge in [0, 0.05) is 25.0 Å². The van der Waals surface area contributed by atoms with E-state index in [-0.39, 0.29) is 24.5 Å². The molecule has 29 heavy (non-hydrogen) atoms. The maximum Gasteiger partial charge on any atom is 0.230 e. The number of carbonyl (C=O) groups excluding carboxylic acids is 2. The van der Waals surface area contributed by atoms with E-state index in [2.05, 4.69) is 15.5 Å². The largest absolute Gasteiger partial charge is 0.360 e. The van der Waals surface area contributed by atoms with Crippen LogP contribution in [0.3, 0.4) is 0 Å². The smallest absolute Gasteiger partial charge is 0.230 e. The number of aryl methyl sites for hydroxylation is 1. The normalized spacial score (nSPS) is 29.5. The summed E-state index contributed by atoms with van der Waals surface area (Å²) in [7, 11) is 0. The van der Waals surface area contributed by atoms with E-state index in [0.717, 1.165) is 17.7 Å². The quantitative estimate of drug-likeness (QED) is 0.740. The van der Waals surface area contributed by atoms with Gasteiger partial charge >= 0.3 is 0 Å². The molecule has 2 bridgehead atoms. The summed E-state index contributed by atoms with van der Waals surface area (Å²) in [5.74, 6) is -0.674. The Kier molecular flexibility index (Phi) is 4.24. The zero-order valence-electron chi connectivity index (χ0n) is 16.1. The Balaban J connectivity index is 1.31. The van der Waals surface area contributed by atoms with Crippen LogP contribution in [-0.2, 0) is 33.8 Å². The Morgan fingerprint density at radius 2 is 2.21 bits per heavy atom. The van der Waals surface area contributed by atoms with Crippen molar-refractivity contribution in [3.63, 3.8) is 0 Å². The number of nitrogens with one attached hydrogen (secondary N) is 1. The third-order valence-electron chi connectivity index (χ3n) is 6.01. The third kappa shape index (κ3) is 2.95. The minimum atomic E-state index is -0.710. The standard InChI is InChI=1S/C21H22N4O4/c1-2-14-9-15(29-24-14)10-23-19(26)17-16-3-6-21(28-16)12-25(20(27)18(17)21)11-13-4-7-22-8-5-13/h3-9,16-18H,2,10-12H2,1H3,(H,23,26)/t16-,17+,18-,21+/m1/s1. The molecule has 2 fully saturated rings. The van der Waals surface area contributed by atoms with Crippen LogP contribution in [0.5, 0.6) is 0 Å². The van der Waals surface area contributed by atoms with Gasteiger partial charge in [0.05, 0.1) is 36.7 Å². The van der Waals surface area contributed by atoms with Gasteiger partial charge in [0.2, 0.25) is 11.8 Å². The Morgan fingerprint density at radius 3 is 2.97 bits per heavy atom. The number of nitrogens with zero attached hydrogens (tertiary/aromatic N) is 3. The molecule has 5 heterocycles. The molecule has 8 nitrogen and oxygen atoms in total. The average molecular weight is 394 g/mol. The summed E-state index contributed by atoms with van der Waals surface area (Å²) in [6.07, 6.45) is 7.69. The molecule has 1 spiro atoms. The van der Waals surface area contributed by atoms with E-state index in [0.29, 0.717) is 18.8 Å². The van der Waals surface area contributed by atoms with E-state index in [1.165, 1.54) is 0 Å². The van der Waals surface area contributed by atoms with Gasteiger partial charge < -0.3 is 19.5 Å². The van der Waals surface area contributed by atoms with E-state index in [4.69, 9.17) is 9.26 Å². The highest BCUT2D eigenvalue weighted by Crippen LogP contribution is 2.52. The Bertz CT molecular complexity index is 972. The van der Waals surface area contributed by atoms with Crippen molar-refractivity contribution in [2.24, 2.45) is 11.8 Å². The fourth-order valence-electron chi connectivity index (χ4n) is 4.62.